The van der Waals surface area contributed by atoms with Gasteiger partial charge >= 0.3 is 6.03 Å². The monoisotopic (exact) mass is 401 g/mol. The molecule has 158 valence electrons. The summed E-state index contributed by atoms with van der Waals surface area (Å²) in [7, 11) is 1.58. The van der Waals surface area contributed by atoms with E-state index in [1.807, 2.05) is 12.1 Å². The minimum atomic E-state index is -0.497. The van der Waals surface area contributed by atoms with Crippen molar-refractivity contribution in [3.63, 3.8) is 0 Å². The van der Waals surface area contributed by atoms with Crippen LogP contribution in [0.3, 0.4) is 0 Å². The molecular weight excluding hydrogens is 370 g/mol. The Morgan fingerprint density at radius 2 is 1.52 bits per heavy atom. The molecule has 1 aromatic carbocycles. The molecule has 1 saturated heterocycles. The lowest BCUT2D eigenvalue weighted by Crippen LogP contribution is -2.54. The van der Waals surface area contributed by atoms with Crippen molar-refractivity contribution >= 4 is 17.8 Å². The van der Waals surface area contributed by atoms with Crippen molar-refractivity contribution in [2.24, 2.45) is 17.6 Å². The molecule has 1 aliphatic heterocycles. The van der Waals surface area contributed by atoms with Crippen molar-refractivity contribution in [3.8, 4) is 5.75 Å². The highest BCUT2D eigenvalue weighted by Gasteiger charge is 2.38. The molecule has 4 rings (SSSR count). The molecule has 2 aliphatic carbocycles. The summed E-state index contributed by atoms with van der Waals surface area (Å²) in [6.07, 6.45) is 7.10. The number of barbiturate groups is 1. The number of methoxy groups -OCH3 is 1. The van der Waals surface area contributed by atoms with Crippen LogP contribution in [0.4, 0.5) is 4.79 Å². The molecule has 29 heavy (non-hydrogen) atoms. The van der Waals surface area contributed by atoms with E-state index in [0.29, 0.717) is 18.2 Å². The quantitative estimate of drug-likeness (QED) is 0.676. The third-order valence-electron chi connectivity index (χ3n) is 5.60. The van der Waals surface area contributed by atoms with Crippen LogP contribution in [0.1, 0.15) is 50.5 Å². The zero-order valence-electron chi connectivity index (χ0n) is 17.1. The molecule has 1 heterocycles. The minimum Gasteiger partial charge on any atom is -0.497 e. The minimum absolute atomic E-state index is 0.175. The van der Waals surface area contributed by atoms with Crippen LogP contribution in [0.15, 0.2) is 24.3 Å². The summed E-state index contributed by atoms with van der Waals surface area (Å²) in [5.41, 5.74) is 6.09. The summed E-state index contributed by atoms with van der Waals surface area (Å²) >= 11 is 0. The molecule has 0 atom stereocenters. The molecule has 1 aromatic rings. The normalized spacial score (nSPS) is 19.2. The Hall–Kier alpha value is -2.41. The van der Waals surface area contributed by atoms with Gasteiger partial charge in [0.05, 0.1) is 13.7 Å². The molecule has 4 amide bonds. The second-order valence-electron chi connectivity index (χ2n) is 8.09. The van der Waals surface area contributed by atoms with Gasteiger partial charge in [-0.05, 0) is 48.9 Å². The van der Waals surface area contributed by atoms with Gasteiger partial charge in [-0.1, -0.05) is 37.8 Å². The number of rotatable bonds is 8. The first-order valence-electron chi connectivity index (χ1n) is 10.5. The maximum Gasteiger partial charge on any atom is 0.333 e. The fourth-order valence-corrected chi connectivity index (χ4v) is 3.33. The molecule has 2 N–H and O–H groups in total. The number of benzene rings is 1. The predicted molar refractivity (Wildman–Crippen MR) is 109 cm³/mol. The molecule has 7 nitrogen and oxygen atoms in total. The Labute approximate surface area is 172 Å². The Balaban J connectivity index is 0.000000343. The number of nitrogens with zero attached hydrogens (tertiary/aromatic N) is 2. The predicted octanol–water partition coefficient (Wildman–Crippen LogP) is 2.92. The van der Waals surface area contributed by atoms with Crippen molar-refractivity contribution in [2.75, 3.05) is 20.2 Å². The molecule has 0 aromatic heterocycles. The van der Waals surface area contributed by atoms with E-state index in [-0.39, 0.29) is 18.9 Å². The zero-order chi connectivity index (χ0) is 20.8. The van der Waals surface area contributed by atoms with Crippen LogP contribution in [0, 0.1) is 11.8 Å². The number of imide groups is 2. The third-order valence-corrected chi connectivity index (χ3v) is 5.60. The van der Waals surface area contributed by atoms with Crippen molar-refractivity contribution in [3.05, 3.63) is 29.8 Å². The van der Waals surface area contributed by atoms with E-state index in [0.717, 1.165) is 29.3 Å². The SMILES string of the molecule is COc1ccc(CN2C(=O)CC(=O)N(CCC3CC3)C2=O)cc1.NCCC1CC1. The van der Waals surface area contributed by atoms with E-state index in [2.05, 4.69) is 0 Å². The lowest BCUT2D eigenvalue weighted by atomic mass is 10.1. The largest absolute Gasteiger partial charge is 0.497 e. The summed E-state index contributed by atoms with van der Waals surface area (Å²) in [6, 6.07) is 6.69. The topological polar surface area (TPSA) is 92.9 Å². The van der Waals surface area contributed by atoms with Crippen molar-refractivity contribution in [1.29, 1.82) is 0 Å². The standard InChI is InChI=1S/C17H20N2O4.C5H11N/c1-23-14-6-4-13(5-7-14)11-19-16(21)10-15(20)18(17(19)22)9-8-12-2-3-12;6-4-3-5-1-2-5/h4-7,12H,2-3,8-11H2,1H3;5H,1-4,6H2. The van der Waals surface area contributed by atoms with Gasteiger partial charge < -0.3 is 10.5 Å². The molecule has 3 fully saturated rings. The van der Waals surface area contributed by atoms with E-state index in [1.165, 1.54) is 37.0 Å². The first-order valence-corrected chi connectivity index (χ1v) is 10.5. The van der Waals surface area contributed by atoms with Gasteiger partial charge in [0.2, 0.25) is 11.8 Å². The van der Waals surface area contributed by atoms with Gasteiger partial charge in [-0.15, -0.1) is 0 Å². The fraction of sp³-hybridized carbons (Fsp3) is 0.591. The number of amides is 4. The maximum atomic E-state index is 12.5. The van der Waals surface area contributed by atoms with Crippen LogP contribution in [-0.4, -0.2) is 47.8 Å². The molecule has 7 heteroatoms. The van der Waals surface area contributed by atoms with E-state index in [9.17, 15) is 14.4 Å². The average molecular weight is 402 g/mol. The molecular formula is C22H31N3O4. The second kappa shape index (κ2) is 9.87. The third kappa shape index (κ3) is 6.29. The van der Waals surface area contributed by atoms with Crippen LogP contribution in [0.5, 0.6) is 5.75 Å². The van der Waals surface area contributed by atoms with Crippen molar-refractivity contribution in [2.45, 2.75) is 51.5 Å². The molecule has 0 spiro atoms. The summed E-state index contributed by atoms with van der Waals surface area (Å²) in [5, 5.41) is 0. The number of urea groups is 1. The lowest BCUT2D eigenvalue weighted by Gasteiger charge is -2.32. The Morgan fingerprint density at radius 1 is 0.931 bits per heavy atom. The van der Waals surface area contributed by atoms with Gasteiger partial charge in [-0.2, -0.15) is 0 Å². The van der Waals surface area contributed by atoms with Crippen LogP contribution < -0.4 is 10.5 Å². The first kappa shape index (κ1) is 21.3. The van der Waals surface area contributed by atoms with Crippen LogP contribution >= 0.6 is 0 Å². The fourth-order valence-electron chi connectivity index (χ4n) is 3.33. The van der Waals surface area contributed by atoms with E-state index in [1.54, 1.807) is 19.2 Å². The van der Waals surface area contributed by atoms with E-state index < -0.39 is 11.9 Å². The molecule has 3 aliphatic rings. The van der Waals surface area contributed by atoms with Crippen LogP contribution in [0.2, 0.25) is 0 Å². The number of hydrogen-bond acceptors (Lipinski definition) is 5. The zero-order valence-corrected chi connectivity index (χ0v) is 17.1. The number of carbonyl (C=O) groups excluding carboxylic acids is 3. The van der Waals surface area contributed by atoms with E-state index >= 15 is 0 Å². The molecule has 0 unspecified atom stereocenters. The van der Waals surface area contributed by atoms with E-state index in [4.69, 9.17) is 10.5 Å². The highest BCUT2D eigenvalue weighted by atomic mass is 16.5. The molecule has 2 saturated carbocycles. The van der Waals surface area contributed by atoms with Gasteiger partial charge in [-0.3, -0.25) is 19.4 Å². The number of nitrogens with two attached hydrogens (primary N) is 1. The van der Waals surface area contributed by atoms with Gasteiger partial charge in [0, 0.05) is 6.54 Å². The Bertz CT molecular complexity index is 726. The Kier molecular flexibility index (Phi) is 7.25. The summed E-state index contributed by atoms with van der Waals surface area (Å²) in [6.45, 7) is 1.48. The maximum absolute atomic E-state index is 12.5. The number of hydrogen-bond donors (Lipinski definition) is 1. The summed E-state index contributed by atoms with van der Waals surface area (Å²) < 4.78 is 5.09. The average Bonchev–Trinajstić information content (AvgIpc) is 3.62. The van der Waals surface area contributed by atoms with Gasteiger partial charge in [0.25, 0.3) is 0 Å². The highest BCUT2D eigenvalue weighted by Crippen LogP contribution is 2.33. The first-order chi connectivity index (χ1) is 14.0. The number of carbonyl (C=O) groups is 3. The van der Waals surface area contributed by atoms with Crippen molar-refractivity contribution in [1.82, 2.24) is 9.80 Å². The van der Waals surface area contributed by atoms with Crippen molar-refractivity contribution < 1.29 is 19.1 Å². The lowest BCUT2D eigenvalue weighted by molar-refractivity contribution is -0.142. The molecule has 0 radical (unpaired) electrons. The highest BCUT2D eigenvalue weighted by molar-refractivity contribution is 6.14. The smallest absolute Gasteiger partial charge is 0.333 e. The second-order valence-corrected chi connectivity index (χ2v) is 8.09. The van der Waals surface area contributed by atoms with Crippen LogP contribution in [0.25, 0.3) is 0 Å². The van der Waals surface area contributed by atoms with Crippen LogP contribution in [-0.2, 0) is 16.1 Å². The Morgan fingerprint density at radius 3 is 2.03 bits per heavy atom. The van der Waals surface area contributed by atoms with Gasteiger partial charge in [0.15, 0.2) is 0 Å². The number of ether oxygens (including phenoxy) is 1. The van der Waals surface area contributed by atoms with Gasteiger partial charge in [-0.25, -0.2) is 4.79 Å². The molecule has 0 bridgehead atoms. The summed E-state index contributed by atoms with van der Waals surface area (Å²) in [4.78, 5) is 38.9. The van der Waals surface area contributed by atoms with Gasteiger partial charge in [0.1, 0.15) is 12.2 Å². The summed E-state index contributed by atoms with van der Waals surface area (Å²) in [5.74, 6) is 1.55.